The fourth-order valence-electron chi connectivity index (χ4n) is 2.53. The highest BCUT2D eigenvalue weighted by atomic mass is 32.2. The summed E-state index contributed by atoms with van der Waals surface area (Å²) in [6.45, 7) is 7.49. The predicted octanol–water partition coefficient (Wildman–Crippen LogP) is 2.93. The van der Waals surface area contributed by atoms with Crippen molar-refractivity contribution >= 4 is 10.0 Å². The van der Waals surface area contributed by atoms with E-state index in [9.17, 15) is 12.8 Å². The Morgan fingerprint density at radius 1 is 1.22 bits per heavy atom. The molecule has 1 unspecified atom stereocenters. The van der Waals surface area contributed by atoms with Crippen molar-refractivity contribution in [1.82, 2.24) is 14.5 Å². The maximum atomic E-state index is 13.2. The third-order valence-electron chi connectivity index (χ3n) is 3.65. The maximum Gasteiger partial charge on any atom is 0.258 e. The largest absolute Gasteiger partial charge is 0.258 e. The Morgan fingerprint density at radius 3 is 2.22 bits per heavy atom. The summed E-state index contributed by atoms with van der Waals surface area (Å²) in [5.41, 5.74) is 0.895. The Bertz CT molecular complexity index is 770. The van der Waals surface area contributed by atoms with E-state index in [0.29, 0.717) is 11.1 Å². The first kappa shape index (κ1) is 17.6. The molecule has 1 atom stereocenters. The van der Waals surface area contributed by atoms with Gasteiger partial charge in [-0.1, -0.05) is 32.9 Å². The smallest absolute Gasteiger partial charge is 0.256 e. The van der Waals surface area contributed by atoms with Crippen LogP contribution in [-0.2, 0) is 17.1 Å². The minimum absolute atomic E-state index is 0.133. The lowest BCUT2D eigenvalue weighted by atomic mass is 9.83. The molecule has 1 N–H and O–H groups in total. The third kappa shape index (κ3) is 3.79. The third-order valence-corrected chi connectivity index (χ3v) is 5.29. The van der Waals surface area contributed by atoms with Crippen molar-refractivity contribution < 1.29 is 12.8 Å². The SMILES string of the molecule is Cc1cnn(C)c1S(=O)(=O)NC(c1ccc(F)cc1)C(C)(C)C. The minimum atomic E-state index is -3.76. The average molecular weight is 339 g/mol. The topological polar surface area (TPSA) is 64.0 Å². The molecule has 0 radical (unpaired) electrons. The van der Waals surface area contributed by atoms with Crippen LogP contribution in [0.2, 0.25) is 0 Å². The van der Waals surface area contributed by atoms with Gasteiger partial charge in [0.2, 0.25) is 0 Å². The molecule has 5 nitrogen and oxygen atoms in total. The van der Waals surface area contributed by atoms with Crippen molar-refractivity contribution in [2.24, 2.45) is 12.5 Å². The van der Waals surface area contributed by atoms with Gasteiger partial charge in [0.15, 0.2) is 5.03 Å². The van der Waals surface area contributed by atoms with Crippen LogP contribution in [0.5, 0.6) is 0 Å². The summed E-state index contributed by atoms with van der Waals surface area (Å²) in [7, 11) is -2.17. The number of halogens is 1. The molecule has 23 heavy (non-hydrogen) atoms. The zero-order valence-electron chi connectivity index (χ0n) is 14.0. The van der Waals surface area contributed by atoms with Crippen molar-refractivity contribution in [3.05, 3.63) is 47.4 Å². The monoisotopic (exact) mass is 339 g/mol. The van der Waals surface area contributed by atoms with E-state index in [2.05, 4.69) is 9.82 Å². The molecule has 0 saturated carbocycles. The normalized spacial score (nSPS) is 14.0. The second-order valence-electron chi connectivity index (χ2n) is 6.73. The maximum absolute atomic E-state index is 13.2. The Kier molecular flexibility index (Phi) is 4.64. The molecule has 0 aliphatic rings. The van der Waals surface area contributed by atoms with Crippen molar-refractivity contribution in [2.75, 3.05) is 0 Å². The number of aromatic nitrogens is 2. The summed E-state index contributed by atoms with van der Waals surface area (Å²) < 4.78 is 42.8. The summed E-state index contributed by atoms with van der Waals surface area (Å²) in [5, 5.41) is 4.12. The van der Waals surface area contributed by atoms with Gasteiger partial charge in [0.25, 0.3) is 10.0 Å². The van der Waals surface area contributed by atoms with Crippen LogP contribution in [0.3, 0.4) is 0 Å². The molecule has 7 heteroatoms. The number of hydrogen-bond acceptors (Lipinski definition) is 3. The predicted molar refractivity (Wildman–Crippen MR) is 86.9 cm³/mol. The van der Waals surface area contributed by atoms with E-state index in [4.69, 9.17) is 0 Å². The average Bonchev–Trinajstić information content (AvgIpc) is 2.76. The van der Waals surface area contributed by atoms with Crippen molar-refractivity contribution in [1.29, 1.82) is 0 Å². The van der Waals surface area contributed by atoms with E-state index in [1.54, 1.807) is 26.1 Å². The standard InChI is InChI=1S/C16H22FN3O2S/c1-11-10-18-20(5)15(11)23(21,22)19-14(16(2,3)4)12-6-8-13(17)9-7-12/h6-10,14,19H,1-5H3. The lowest BCUT2D eigenvalue weighted by Crippen LogP contribution is -2.37. The molecule has 0 aliphatic carbocycles. The van der Waals surface area contributed by atoms with E-state index in [1.165, 1.54) is 23.0 Å². The highest BCUT2D eigenvalue weighted by molar-refractivity contribution is 7.89. The minimum Gasteiger partial charge on any atom is -0.256 e. The van der Waals surface area contributed by atoms with Crippen molar-refractivity contribution in [3.63, 3.8) is 0 Å². The second kappa shape index (κ2) is 6.05. The zero-order valence-corrected chi connectivity index (χ0v) is 14.8. The first-order valence-corrected chi connectivity index (χ1v) is 8.77. The Labute approximate surface area is 136 Å². The summed E-state index contributed by atoms with van der Waals surface area (Å²) in [6.07, 6.45) is 1.51. The zero-order chi connectivity index (χ0) is 17.4. The molecule has 0 spiro atoms. The quantitative estimate of drug-likeness (QED) is 0.931. The van der Waals surface area contributed by atoms with Crippen LogP contribution in [0.1, 0.15) is 37.9 Å². The Hall–Kier alpha value is -1.73. The second-order valence-corrected chi connectivity index (χ2v) is 8.36. The van der Waals surface area contributed by atoms with Gasteiger partial charge in [-0.2, -0.15) is 5.10 Å². The van der Waals surface area contributed by atoms with Gasteiger partial charge in [-0.25, -0.2) is 17.5 Å². The van der Waals surface area contributed by atoms with Crippen LogP contribution >= 0.6 is 0 Å². The van der Waals surface area contributed by atoms with Crippen LogP contribution in [0, 0.1) is 18.2 Å². The van der Waals surface area contributed by atoms with E-state index in [0.717, 1.165) is 0 Å². The Morgan fingerprint density at radius 2 is 1.78 bits per heavy atom. The van der Waals surface area contributed by atoms with E-state index >= 15 is 0 Å². The number of benzene rings is 1. The highest BCUT2D eigenvalue weighted by Crippen LogP contribution is 2.34. The number of sulfonamides is 1. The number of nitrogens with zero attached hydrogens (tertiary/aromatic N) is 2. The fraction of sp³-hybridized carbons (Fsp3) is 0.438. The van der Waals surface area contributed by atoms with Gasteiger partial charge in [0.1, 0.15) is 5.82 Å². The molecule has 126 valence electrons. The molecule has 0 fully saturated rings. The molecule has 1 aromatic carbocycles. The van der Waals surface area contributed by atoms with Gasteiger partial charge >= 0.3 is 0 Å². The van der Waals surface area contributed by atoms with Gasteiger partial charge in [-0.3, -0.25) is 4.68 Å². The van der Waals surface area contributed by atoms with Crippen LogP contribution in [0.25, 0.3) is 0 Å². The summed E-state index contributed by atoms with van der Waals surface area (Å²) >= 11 is 0. The molecule has 0 bridgehead atoms. The fourth-order valence-corrected chi connectivity index (χ4v) is 4.32. The van der Waals surface area contributed by atoms with Crippen molar-refractivity contribution in [2.45, 2.75) is 38.8 Å². The first-order valence-electron chi connectivity index (χ1n) is 7.29. The van der Waals surface area contributed by atoms with Gasteiger partial charge < -0.3 is 0 Å². The molecule has 2 aromatic rings. The number of nitrogens with one attached hydrogen (secondary N) is 1. The van der Waals surface area contributed by atoms with E-state index in [-0.39, 0.29) is 10.8 Å². The van der Waals surface area contributed by atoms with Gasteiger partial charge in [-0.15, -0.1) is 0 Å². The summed E-state index contributed by atoms with van der Waals surface area (Å²) in [6, 6.07) is 5.37. The number of aryl methyl sites for hydroxylation is 2. The van der Waals surface area contributed by atoms with E-state index in [1.807, 2.05) is 20.8 Å². The van der Waals surface area contributed by atoms with Gasteiger partial charge in [0.05, 0.1) is 12.2 Å². The van der Waals surface area contributed by atoms with Crippen LogP contribution in [-0.4, -0.2) is 18.2 Å². The molecule has 0 amide bonds. The lowest BCUT2D eigenvalue weighted by molar-refractivity contribution is 0.303. The first-order chi connectivity index (χ1) is 10.5. The molecule has 1 heterocycles. The van der Waals surface area contributed by atoms with Gasteiger partial charge in [0, 0.05) is 12.6 Å². The van der Waals surface area contributed by atoms with Crippen molar-refractivity contribution in [3.8, 4) is 0 Å². The van der Waals surface area contributed by atoms with Crippen LogP contribution < -0.4 is 4.72 Å². The van der Waals surface area contributed by atoms with Crippen LogP contribution in [0.4, 0.5) is 4.39 Å². The molecular weight excluding hydrogens is 317 g/mol. The van der Waals surface area contributed by atoms with E-state index < -0.39 is 21.5 Å². The number of rotatable bonds is 4. The number of hydrogen-bond donors (Lipinski definition) is 1. The molecule has 0 aliphatic heterocycles. The molecule has 1 aromatic heterocycles. The summed E-state index contributed by atoms with van der Waals surface area (Å²) in [5.74, 6) is -0.355. The highest BCUT2D eigenvalue weighted by Gasteiger charge is 2.33. The van der Waals surface area contributed by atoms with Crippen LogP contribution in [0.15, 0.2) is 35.5 Å². The lowest BCUT2D eigenvalue weighted by Gasteiger charge is -2.31. The van der Waals surface area contributed by atoms with Gasteiger partial charge in [-0.05, 0) is 30.0 Å². The molecular formula is C16H22FN3O2S. The molecule has 2 rings (SSSR count). The molecule has 0 saturated heterocycles. The Balaban J connectivity index is 2.45. The summed E-state index contributed by atoms with van der Waals surface area (Å²) in [4.78, 5) is 0.